The number of hydrogen-bond donors (Lipinski definition) is 2. The van der Waals surface area contributed by atoms with Crippen LogP contribution >= 0.6 is 0 Å². The molecule has 4 amide bonds. The summed E-state index contributed by atoms with van der Waals surface area (Å²) in [5.41, 5.74) is 0. The highest BCUT2D eigenvalue weighted by atomic mass is 16.2. The van der Waals surface area contributed by atoms with Gasteiger partial charge in [0.05, 0.1) is 12.1 Å². The molecule has 1 saturated carbocycles. The van der Waals surface area contributed by atoms with Gasteiger partial charge in [-0.3, -0.25) is 0 Å². The van der Waals surface area contributed by atoms with Crippen LogP contribution in [-0.4, -0.2) is 61.1 Å². The molecule has 0 unspecified atom stereocenters. The fourth-order valence-corrected chi connectivity index (χ4v) is 2.48. The van der Waals surface area contributed by atoms with Crippen molar-refractivity contribution in [3.8, 4) is 0 Å². The van der Waals surface area contributed by atoms with Crippen molar-refractivity contribution in [3.63, 3.8) is 0 Å². The van der Waals surface area contributed by atoms with Gasteiger partial charge in [0.1, 0.15) is 0 Å². The third-order valence-corrected chi connectivity index (χ3v) is 4.28. The molecule has 1 fully saturated rings. The first-order chi connectivity index (χ1) is 9.99. The Kier molecular flexibility index (Phi) is 7.32. The van der Waals surface area contributed by atoms with E-state index in [0.717, 1.165) is 32.1 Å². The fraction of sp³-hybridized carbons (Fsp3) is 0.867. The zero-order valence-corrected chi connectivity index (χ0v) is 13.8. The molecular weight excluding hydrogens is 268 g/mol. The summed E-state index contributed by atoms with van der Waals surface area (Å²) in [7, 11) is 3.56. The first-order valence-corrected chi connectivity index (χ1v) is 8.02. The van der Waals surface area contributed by atoms with Crippen LogP contribution in [0, 0.1) is 0 Å². The van der Waals surface area contributed by atoms with Crippen molar-refractivity contribution in [2.45, 2.75) is 58.0 Å². The minimum absolute atomic E-state index is 0.0169. The third kappa shape index (κ3) is 5.44. The predicted octanol–water partition coefficient (Wildman–Crippen LogP) is 2.01. The number of carbonyl (C=O) groups is 2. The van der Waals surface area contributed by atoms with Crippen molar-refractivity contribution in [1.82, 2.24) is 20.4 Å². The zero-order valence-electron chi connectivity index (χ0n) is 13.8. The maximum atomic E-state index is 12.1. The van der Waals surface area contributed by atoms with Gasteiger partial charge in [0, 0.05) is 27.2 Å². The third-order valence-electron chi connectivity index (χ3n) is 4.28. The average Bonchev–Trinajstić information content (AvgIpc) is 2.70. The quantitative estimate of drug-likeness (QED) is 0.780. The van der Waals surface area contributed by atoms with Crippen molar-refractivity contribution in [1.29, 1.82) is 0 Å². The molecule has 0 radical (unpaired) electrons. The summed E-state index contributed by atoms with van der Waals surface area (Å²) in [6, 6.07) is -0.0913. The molecule has 0 aromatic heterocycles. The Morgan fingerprint density at radius 3 is 1.57 bits per heavy atom. The van der Waals surface area contributed by atoms with Crippen LogP contribution in [0.15, 0.2) is 0 Å². The first-order valence-electron chi connectivity index (χ1n) is 8.02. The highest BCUT2D eigenvalue weighted by Crippen LogP contribution is 2.18. The molecule has 1 aliphatic carbocycles. The minimum atomic E-state index is -0.0625. The summed E-state index contributed by atoms with van der Waals surface area (Å²) < 4.78 is 0. The van der Waals surface area contributed by atoms with Crippen molar-refractivity contribution in [2.24, 2.45) is 0 Å². The van der Waals surface area contributed by atoms with E-state index >= 15 is 0 Å². The molecule has 0 aromatic rings. The summed E-state index contributed by atoms with van der Waals surface area (Å²) in [6.45, 7) is 5.24. The Bertz CT molecular complexity index is 317. The largest absolute Gasteiger partial charge is 0.333 e. The van der Waals surface area contributed by atoms with Crippen LogP contribution in [0.25, 0.3) is 0 Å². The summed E-state index contributed by atoms with van der Waals surface area (Å²) >= 11 is 0. The van der Waals surface area contributed by atoms with Crippen LogP contribution in [0.2, 0.25) is 0 Å². The van der Waals surface area contributed by atoms with Crippen LogP contribution in [-0.2, 0) is 0 Å². The van der Waals surface area contributed by atoms with E-state index in [1.54, 1.807) is 23.9 Å². The lowest BCUT2D eigenvalue weighted by atomic mass is 10.0. The molecule has 122 valence electrons. The van der Waals surface area contributed by atoms with Crippen molar-refractivity contribution in [2.75, 3.05) is 27.2 Å². The molecule has 6 heteroatoms. The van der Waals surface area contributed by atoms with Gasteiger partial charge < -0.3 is 20.4 Å². The van der Waals surface area contributed by atoms with E-state index in [0.29, 0.717) is 13.1 Å². The Hall–Kier alpha value is -1.46. The van der Waals surface area contributed by atoms with E-state index in [-0.39, 0.29) is 24.1 Å². The van der Waals surface area contributed by atoms with Crippen LogP contribution in [0.3, 0.4) is 0 Å². The van der Waals surface area contributed by atoms with Gasteiger partial charge >= 0.3 is 12.1 Å². The van der Waals surface area contributed by atoms with Crippen LogP contribution < -0.4 is 10.6 Å². The molecular formula is C15H30N4O2. The van der Waals surface area contributed by atoms with E-state index in [2.05, 4.69) is 10.6 Å². The van der Waals surface area contributed by atoms with Crippen molar-refractivity contribution >= 4 is 12.1 Å². The van der Waals surface area contributed by atoms with Crippen LogP contribution in [0.5, 0.6) is 0 Å². The number of carbonyl (C=O) groups excluding carboxylic acids is 2. The van der Waals surface area contributed by atoms with E-state index in [4.69, 9.17) is 0 Å². The average molecular weight is 298 g/mol. The Morgan fingerprint density at radius 2 is 1.24 bits per heavy atom. The molecule has 0 spiro atoms. The van der Waals surface area contributed by atoms with Crippen molar-refractivity contribution < 1.29 is 9.59 Å². The second-order valence-corrected chi connectivity index (χ2v) is 5.78. The SMILES string of the molecule is CCN(C)C(=O)N[C@H]1CCCCC[C@H]1NC(=O)N(C)CC. The number of urea groups is 2. The number of nitrogens with zero attached hydrogens (tertiary/aromatic N) is 2. The van der Waals surface area contributed by atoms with Crippen molar-refractivity contribution in [3.05, 3.63) is 0 Å². The molecule has 2 atom stereocenters. The van der Waals surface area contributed by atoms with Gasteiger partial charge in [-0.15, -0.1) is 0 Å². The predicted molar refractivity (Wildman–Crippen MR) is 84.3 cm³/mol. The topological polar surface area (TPSA) is 64.7 Å². The van der Waals surface area contributed by atoms with Gasteiger partial charge in [-0.05, 0) is 26.7 Å². The summed E-state index contributed by atoms with van der Waals surface area (Å²) in [5.74, 6) is 0. The van der Waals surface area contributed by atoms with Crippen LogP contribution in [0.4, 0.5) is 9.59 Å². The number of rotatable bonds is 4. The number of hydrogen-bond acceptors (Lipinski definition) is 2. The molecule has 0 saturated heterocycles. The monoisotopic (exact) mass is 298 g/mol. The van der Waals surface area contributed by atoms with Gasteiger partial charge in [0.25, 0.3) is 0 Å². The Labute approximate surface area is 128 Å². The van der Waals surface area contributed by atoms with Gasteiger partial charge in [0.15, 0.2) is 0 Å². The lowest BCUT2D eigenvalue weighted by Crippen LogP contribution is -2.55. The molecule has 0 heterocycles. The maximum absolute atomic E-state index is 12.1. The van der Waals surface area contributed by atoms with Crippen LogP contribution in [0.1, 0.15) is 46.0 Å². The minimum Gasteiger partial charge on any atom is -0.333 e. The van der Waals surface area contributed by atoms with E-state index in [1.165, 1.54) is 0 Å². The Balaban J connectivity index is 2.67. The number of amides is 4. The number of nitrogens with one attached hydrogen (secondary N) is 2. The standard InChI is InChI=1S/C15H30N4O2/c1-5-18(3)14(20)16-12-10-8-7-9-11-13(12)17-15(21)19(4)6-2/h12-13H,5-11H2,1-4H3,(H,16,20)(H,17,21)/t12-,13+. The normalized spacial score (nSPS) is 22.1. The molecule has 1 rings (SSSR count). The fourth-order valence-electron chi connectivity index (χ4n) is 2.48. The molecule has 0 bridgehead atoms. The molecule has 2 N–H and O–H groups in total. The van der Waals surface area contributed by atoms with Gasteiger partial charge in [-0.25, -0.2) is 9.59 Å². The lowest BCUT2D eigenvalue weighted by Gasteiger charge is -2.30. The summed E-state index contributed by atoms with van der Waals surface area (Å²) in [6.07, 6.45) is 5.19. The van der Waals surface area contributed by atoms with Gasteiger partial charge in [0.2, 0.25) is 0 Å². The summed E-state index contributed by atoms with van der Waals surface area (Å²) in [5, 5.41) is 6.15. The van der Waals surface area contributed by atoms with Gasteiger partial charge in [-0.2, -0.15) is 0 Å². The highest BCUT2D eigenvalue weighted by molar-refractivity contribution is 5.75. The Morgan fingerprint density at radius 1 is 0.857 bits per heavy atom. The van der Waals surface area contributed by atoms with Gasteiger partial charge in [-0.1, -0.05) is 19.3 Å². The lowest BCUT2D eigenvalue weighted by molar-refractivity contribution is 0.192. The van der Waals surface area contributed by atoms with E-state index in [9.17, 15) is 9.59 Å². The zero-order chi connectivity index (χ0) is 15.8. The highest BCUT2D eigenvalue weighted by Gasteiger charge is 2.27. The molecule has 21 heavy (non-hydrogen) atoms. The smallest absolute Gasteiger partial charge is 0.317 e. The maximum Gasteiger partial charge on any atom is 0.317 e. The molecule has 0 aliphatic heterocycles. The molecule has 0 aromatic carbocycles. The first kappa shape index (κ1) is 17.6. The molecule has 6 nitrogen and oxygen atoms in total. The van der Waals surface area contributed by atoms with E-state index < -0.39 is 0 Å². The summed E-state index contributed by atoms with van der Waals surface area (Å²) in [4.78, 5) is 27.4. The second kappa shape index (κ2) is 8.74. The van der Waals surface area contributed by atoms with E-state index in [1.807, 2.05) is 13.8 Å². The second-order valence-electron chi connectivity index (χ2n) is 5.78. The molecule has 1 aliphatic rings.